The van der Waals surface area contributed by atoms with Crippen LogP contribution in [0.5, 0.6) is 0 Å². The van der Waals surface area contributed by atoms with Crippen LogP contribution < -0.4 is 0 Å². The van der Waals surface area contributed by atoms with E-state index in [1.54, 1.807) is 6.92 Å². The zero-order valence-electron chi connectivity index (χ0n) is 15.4. The van der Waals surface area contributed by atoms with Crippen LogP contribution in [0.2, 0.25) is 0 Å². The Morgan fingerprint density at radius 2 is 1.52 bits per heavy atom. The Morgan fingerprint density at radius 1 is 1.04 bits per heavy atom. The van der Waals surface area contributed by atoms with E-state index in [4.69, 9.17) is 4.74 Å². The summed E-state index contributed by atoms with van der Waals surface area (Å²) in [5.41, 5.74) is 3.05. The molecule has 0 aliphatic rings. The molecule has 1 aromatic carbocycles. The largest absolute Gasteiger partial charge is 0.466 e. The average Bonchev–Trinajstić information content (AvgIpc) is 2.42. The van der Waals surface area contributed by atoms with Gasteiger partial charge in [0.25, 0.3) is 0 Å². The van der Waals surface area contributed by atoms with Crippen molar-refractivity contribution in [2.75, 3.05) is 6.61 Å². The number of benzene rings is 1. The molecule has 0 aliphatic carbocycles. The molecule has 4 nitrogen and oxygen atoms in total. The highest BCUT2D eigenvalue weighted by atomic mass is 16.5. The highest BCUT2D eigenvalue weighted by molar-refractivity contribution is 5.70. The van der Waals surface area contributed by atoms with Gasteiger partial charge in [-0.2, -0.15) is 0 Å². The van der Waals surface area contributed by atoms with E-state index in [1.807, 2.05) is 12.1 Å². The number of nitroso groups, excluding NO2 is 1. The van der Waals surface area contributed by atoms with Crippen molar-refractivity contribution in [2.45, 2.75) is 72.1 Å². The van der Waals surface area contributed by atoms with Gasteiger partial charge in [-0.05, 0) is 46.0 Å². The molecule has 4 heteroatoms. The number of nitrogens with zero attached hydrogens (tertiary/aromatic N) is 1. The van der Waals surface area contributed by atoms with Gasteiger partial charge in [-0.15, -0.1) is 4.91 Å². The fourth-order valence-corrected chi connectivity index (χ4v) is 2.56. The van der Waals surface area contributed by atoms with Gasteiger partial charge in [-0.3, -0.25) is 4.79 Å². The zero-order chi connectivity index (χ0) is 17.8. The lowest BCUT2D eigenvalue weighted by Gasteiger charge is -2.28. The third-order valence-electron chi connectivity index (χ3n) is 3.80. The molecule has 0 aliphatic heterocycles. The molecule has 0 heterocycles. The van der Waals surface area contributed by atoms with Crippen molar-refractivity contribution in [3.05, 3.63) is 33.7 Å². The second kappa shape index (κ2) is 7.24. The summed E-state index contributed by atoms with van der Waals surface area (Å²) in [4.78, 5) is 23.1. The molecule has 0 radical (unpaired) electrons. The Balaban J connectivity index is 3.33. The van der Waals surface area contributed by atoms with Crippen LogP contribution >= 0.6 is 0 Å². The molecule has 0 amide bonds. The fraction of sp³-hybridized carbons (Fsp3) is 0.632. The zero-order valence-corrected chi connectivity index (χ0v) is 15.4. The second-order valence-electron chi connectivity index (χ2n) is 7.94. The summed E-state index contributed by atoms with van der Waals surface area (Å²) in [6.07, 6.45) is 0.943. The number of carbonyl (C=O) groups excluding carboxylic acids is 1. The molecule has 0 N–H and O–H groups in total. The monoisotopic (exact) mass is 319 g/mol. The third kappa shape index (κ3) is 5.15. The van der Waals surface area contributed by atoms with E-state index in [0.29, 0.717) is 25.1 Å². The van der Waals surface area contributed by atoms with Crippen molar-refractivity contribution >= 4 is 11.7 Å². The molecule has 0 bridgehead atoms. The summed E-state index contributed by atoms with van der Waals surface area (Å²) in [5.74, 6) is -0.195. The molecule has 1 aromatic rings. The van der Waals surface area contributed by atoms with Crippen LogP contribution in [0.4, 0.5) is 5.69 Å². The smallest absolute Gasteiger partial charge is 0.306 e. The number of ether oxygens (including phenoxy) is 1. The van der Waals surface area contributed by atoms with Gasteiger partial charge in [-0.25, -0.2) is 0 Å². The Bertz CT molecular complexity index is 542. The van der Waals surface area contributed by atoms with Crippen LogP contribution in [0, 0.1) is 4.91 Å². The molecule has 128 valence electrons. The molecule has 0 saturated heterocycles. The normalized spacial score (nSPS) is 12.1. The highest BCUT2D eigenvalue weighted by Crippen LogP contribution is 2.40. The van der Waals surface area contributed by atoms with E-state index in [0.717, 1.165) is 16.7 Å². The van der Waals surface area contributed by atoms with E-state index in [2.05, 4.69) is 46.7 Å². The van der Waals surface area contributed by atoms with E-state index in [1.165, 1.54) is 0 Å². The number of rotatable bonds is 5. The van der Waals surface area contributed by atoms with Crippen molar-refractivity contribution in [3.63, 3.8) is 0 Å². The topological polar surface area (TPSA) is 55.7 Å². The van der Waals surface area contributed by atoms with Gasteiger partial charge < -0.3 is 4.74 Å². The van der Waals surface area contributed by atoms with Gasteiger partial charge in [0.2, 0.25) is 0 Å². The van der Waals surface area contributed by atoms with Crippen LogP contribution in [0.25, 0.3) is 0 Å². The van der Waals surface area contributed by atoms with Gasteiger partial charge in [0.15, 0.2) is 0 Å². The summed E-state index contributed by atoms with van der Waals surface area (Å²) >= 11 is 0. The molecule has 0 atom stereocenters. The molecular weight excluding hydrogens is 290 g/mol. The maximum absolute atomic E-state index is 11.6. The summed E-state index contributed by atoms with van der Waals surface area (Å²) in [6, 6.07) is 4.01. The fourth-order valence-electron chi connectivity index (χ4n) is 2.56. The molecule has 1 rings (SSSR count). The summed E-state index contributed by atoms with van der Waals surface area (Å²) in [5, 5.41) is 3.33. The van der Waals surface area contributed by atoms with Gasteiger partial charge in [0.05, 0.1) is 6.61 Å². The predicted molar refractivity (Wildman–Crippen MR) is 94.3 cm³/mol. The van der Waals surface area contributed by atoms with Crippen LogP contribution in [0.15, 0.2) is 17.3 Å². The lowest BCUT2D eigenvalue weighted by molar-refractivity contribution is -0.143. The van der Waals surface area contributed by atoms with E-state index >= 15 is 0 Å². The molecule has 0 spiro atoms. The van der Waals surface area contributed by atoms with Crippen molar-refractivity contribution in [1.29, 1.82) is 0 Å². The summed E-state index contributed by atoms with van der Waals surface area (Å²) in [7, 11) is 0. The van der Waals surface area contributed by atoms with Crippen LogP contribution in [0.1, 0.15) is 71.6 Å². The van der Waals surface area contributed by atoms with Gasteiger partial charge in [-0.1, -0.05) is 53.7 Å². The number of hydrogen-bond acceptors (Lipinski definition) is 4. The average molecular weight is 319 g/mol. The number of hydrogen-bond donors (Lipinski definition) is 0. The minimum Gasteiger partial charge on any atom is -0.466 e. The first-order valence-electron chi connectivity index (χ1n) is 8.17. The van der Waals surface area contributed by atoms with Gasteiger partial charge >= 0.3 is 5.97 Å². The van der Waals surface area contributed by atoms with Crippen molar-refractivity contribution in [2.24, 2.45) is 5.18 Å². The SMILES string of the molecule is CCOC(=O)CCc1cc(C(C)(C)C)c(N=O)c(C(C)(C)C)c1. The Morgan fingerprint density at radius 3 is 1.87 bits per heavy atom. The quantitative estimate of drug-likeness (QED) is 0.555. The molecule has 23 heavy (non-hydrogen) atoms. The summed E-state index contributed by atoms with van der Waals surface area (Å²) in [6.45, 7) is 14.6. The molecular formula is C19H29NO3. The van der Waals surface area contributed by atoms with Crippen molar-refractivity contribution in [3.8, 4) is 0 Å². The maximum atomic E-state index is 11.6. The summed E-state index contributed by atoms with van der Waals surface area (Å²) < 4.78 is 5.00. The minimum atomic E-state index is -0.195. The van der Waals surface area contributed by atoms with Gasteiger partial charge in [0.1, 0.15) is 5.69 Å². The first-order valence-corrected chi connectivity index (χ1v) is 8.17. The number of carbonyl (C=O) groups is 1. The standard InChI is InChI=1S/C19H29NO3/c1-8-23-16(21)10-9-13-11-14(18(2,3)4)17(20-22)15(12-13)19(5,6)7/h11-12H,8-10H2,1-7H3. The molecule has 0 fully saturated rings. The van der Waals surface area contributed by atoms with Gasteiger partial charge in [0, 0.05) is 6.42 Å². The Hall–Kier alpha value is -1.71. The van der Waals surface area contributed by atoms with Crippen molar-refractivity contribution in [1.82, 2.24) is 0 Å². The molecule has 0 unspecified atom stereocenters. The lowest BCUT2D eigenvalue weighted by atomic mass is 9.77. The first kappa shape index (κ1) is 19.3. The second-order valence-corrected chi connectivity index (χ2v) is 7.94. The number of aryl methyl sites for hydroxylation is 1. The maximum Gasteiger partial charge on any atom is 0.306 e. The van der Waals surface area contributed by atoms with E-state index < -0.39 is 0 Å². The van der Waals surface area contributed by atoms with E-state index in [9.17, 15) is 9.70 Å². The first-order chi connectivity index (χ1) is 10.5. The third-order valence-corrected chi connectivity index (χ3v) is 3.80. The Kier molecular flexibility index (Phi) is 6.09. The Labute approximate surface area is 139 Å². The van der Waals surface area contributed by atoms with Crippen LogP contribution in [0.3, 0.4) is 0 Å². The number of esters is 1. The van der Waals surface area contributed by atoms with Crippen LogP contribution in [-0.2, 0) is 26.8 Å². The van der Waals surface area contributed by atoms with E-state index in [-0.39, 0.29) is 16.8 Å². The predicted octanol–water partition coefficient (Wildman–Crippen LogP) is 5.18. The minimum absolute atomic E-state index is 0.191. The molecule has 0 aromatic heterocycles. The highest BCUT2D eigenvalue weighted by Gasteiger charge is 2.27. The van der Waals surface area contributed by atoms with Crippen LogP contribution in [-0.4, -0.2) is 12.6 Å². The van der Waals surface area contributed by atoms with Crippen molar-refractivity contribution < 1.29 is 9.53 Å². The molecule has 0 saturated carbocycles. The lowest BCUT2D eigenvalue weighted by Crippen LogP contribution is -2.18.